The molecule has 2 N–H and O–H groups in total. The molecular weight excluding hydrogens is 192 g/mol. The summed E-state index contributed by atoms with van der Waals surface area (Å²) in [5.74, 6) is 0.536. The standard InChI is InChI=1S/C10H18N4O/c1-10(2,3)8-9(11)12-13-14(8)7-4-5-15-6-7/h7H,4-6,11H2,1-3H3. The predicted molar refractivity (Wildman–Crippen MR) is 57.6 cm³/mol. The number of nitrogens with two attached hydrogens (primary N) is 1. The van der Waals surface area contributed by atoms with E-state index in [1.165, 1.54) is 0 Å². The lowest BCUT2D eigenvalue weighted by atomic mass is 9.91. The second-order valence-electron chi connectivity index (χ2n) is 5.04. The topological polar surface area (TPSA) is 66.0 Å². The highest BCUT2D eigenvalue weighted by Crippen LogP contribution is 2.30. The van der Waals surface area contributed by atoms with Crippen LogP contribution in [-0.4, -0.2) is 28.2 Å². The molecule has 1 aliphatic heterocycles. The summed E-state index contributed by atoms with van der Waals surface area (Å²) in [7, 11) is 0. The molecule has 1 atom stereocenters. The molecule has 2 heterocycles. The van der Waals surface area contributed by atoms with Crippen LogP contribution in [0.5, 0.6) is 0 Å². The van der Waals surface area contributed by atoms with Crippen molar-refractivity contribution in [2.75, 3.05) is 18.9 Å². The number of ether oxygens (including phenoxy) is 1. The molecule has 0 saturated carbocycles. The molecule has 1 saturated heterocycles. The highest BCUT2D eigenvalue weighted by Gasteiger charge is 2.29. The number of aromatic nitrogens is 3. The van der Waals surface area contributed by atoms with Gasteiger partial charge in [-0.2, -0.15) is 0 Å². The average molecular weight is 210 g/mol. The molecule has 0 bridgehead atoms. The lowest BCUT2D eigenvalue weighted by Gasteiger charge is -2.22. The SMILES string of the molecule is CC(C)(C)c1c(N)nnn1C1CCOC1. The second-order valence-corrected chi connectivity index (χ2v) is 5.04. The Bertz CT molecular complexity index is 347. The summed E-state index contributed by atoms with van der Waals surface area (Å²) in [4.78, 5) is 0. The van der Waals surface area contributed by atoms with Gasteiger partial charge in [-0.25, -0.2) is 4.68 Å². The zero-order valence-corrected chi connectivity index (χ0v) is 9.53. The smallest absolute Gasteiger partial charge is 0.169 e. The highest BCUT2D eigenvalue weighted by atomic mass is 16.5. The minimum absolute atomic E-state index is 0.0316. The summed E-state index contributed by atoms with van der Waals surface area (Å²) in [6, 6.07) is 0.295. The van der Waals surface area contributed by atoms with E-state index >= 15 is 0 Å². The van der Waals surface area contributed by atoms with Gasteiger partial charge in [-0.15, -0.1) is 5.10 Å². The predicted octanol–water partition coefficient (Wildman–Crippen LogP) is 1.12. The van der Waals surface area contributed by atoms with E-state index < -0.39 is 0 Å². The molecule has 1 aliphatic rings. The van der Waals surface area contributed by atoms with E-state index in [-0.39, 0.29) is 5.41 Å². The van der Waals surface area contributed by atoms with Crippen LogP contribution in [0.4, 0.5) is 5.82 Å². The van der Waals surface area contributed by atoms with Crippen molar-refractivity contribution in [1.82, 2.24) is 15.0 Å². The van der Waals surface area contributed by atoms with E-state index in [0.717, 1.165) is 18.7 Å². The fourth-order valence-electron chi connectivity index (χ4n) is 2.00. The quantitative estimate of drug-likeness (QED) is 0.754. The highest BCUT2D eigenvalue weighted by molar-refractivity contribution is 5.38. The molecule has 5 nitrogen and oxygen atoms in total. The molecule has 5 heteroatoms. The largest absolute Gasteiger partial charge is 0.381 e. The van der Waals surface area contributed by atoms with Crippen molar-refractivity contribution in [2.45, 2.75) is 38.6 Å². The van der Waals surface area contributed by atoms with Gasteiger partial charge >= 0.3 is 0 Å². The monoisotopic (exact) mass is 210 g/mol. The van der Waals surface area contributed by atoms with Crippen LogP contribution in [0.15, 0.2) is 0 Å². The third-order valence-electron chi connectivity index (χ3n) is 2.68. The maximum atomic E-state index is 5.86. The summed E-state index contributed by atoms with van der Waals surface area (Å²) in [5, 5.41) is 8.09. The van der Waals surface area contributed by atoms with Gasteiger partial charge in [-0.1, -0.05) is 26.0 Å². The first-order chi connectivity index (χ1) is 7.00. The molecule has 1 aromatic heterocycles. The minimum atomic E-state index is -0.0316. The summed E-state index contributed by atoms with van der Waals surface area (Å²) < 4.78 is 7.29. The Balaban J connectivity index is 2.39. The zero-order valence-electron chi connectivity index (χ0n) is 9.53. The molecule has 1 unspecified atom stereocenters. The van der Waals surface area contributed by atoms with Crippen LogP contribution in [0.25, 0.3) is 0 Å². The summed E-state index contributed by atoms with van der Waals surface area (Å²) >= 11 is 0. The minimum Gasteiger partial charge on any atom is -0.381 e. The van der Waals surface area contributed by atoms with Crippen molar-refractivity contribution in [3.05, 3.63) is 5.69 Å². The molecule has 1 fully saturated rings. The summed E-state index contributed by atoms with van der Waals surface area (Å²) in [6.07, 6.45) is 0.992. The van der Waals surface area contributed by atoms with Gasteiger partial charge < -0.3 is 10.5 Å². The van der Waals surface area contributed by atoms with Gasteiger partial charge in [-0.05, 0) is 6.42 Å². The average Bonchev–Trinajstić information content (AvgIpc) is 2.68. The Morgan fingerprint density at radius 1 is 1.47 bits per heavy atom. The number of hydrogen-bond acceptors (Lipinski definition) is 4. The fourth-order valence-corrected chi connectivity index (χ4v) is 2.00. The van der Waals surface area contributed by atoms with Crippen molar-refractivity contribution in [3.63, 3.8) is 0 Å². The fraction of sp³-hybridized carbons (Fsp3) is 0.800. The van der Waals surface area contributed by atoms with Crippen molar-refractivity contribution < 1.29 is 4.74 Å². The maximum absolute atomic E-state index is 5.86. The van der Waals surface area contributed by atoms with E-state index in [1.54, 1.807) is 0 Å². The van der Waals surface area contributed by atoms with Gasteiger partial charge in [0.25, 0.3) is 0 Å². The van der Waals surface area contributed by atoms with Crippen LogP contribution in [-0.2, 0) is 10.2 Å². The lowest BCUT2D eigenvalue weighted by molar-refractivity contribution is 0.182. The van der Waals surface area contributed by atoms with Crippen LogP contribution in [0, 0.1) is 0 Å². The molecule has 0 aromatic carbocycles. The number of hydrogen-bond donors (Lipinski definition) is 1. The second kappa shape index (κ2) is 3.48. The Morgan fingerprint density at radius 2 is 2.20 bits per heavy atom. The van der Waals surface area contributed by atoms with Crippen LogP contribution in [0.2, 0.25) is 0 Å². The van der Waals surface area contributed by atoms with Gasteiger partial charge in [0, 0.05) is 12.0 Å². The molecule has 0 amide bonds. The third-order valence-corrected chi connectivity index (χ3v) is 2.68. The molecule has 84 valence electrons. The van der Waals surface area contributed by atoms with Crippen LogP contribution in [0.1, 0.15) is 38.9 Å². The van der Waals surface area contributed by atoms with Crippen molar-refractivity contribution >= 4 is 5.82 Å². The van der Waals surface area contributed by atoms with Gasteiger partial charge in [0.05, 0.1) is 18.3 Å². The van der Waals surface area contributed by atoms with Gasteiger partial charge in [0.2, 0.25) is 0 Å². The van der Waals surface area contributed by atoms with Gasteiger partial charge in [0.15, 0.2) is 5.82 Å². The molecule has 0 radical (unpaired) electrons. The Hall–Kier alpha value is -1.10. The lowest BCUT2D eigenvalue weighted by Crippen LogP contribution is -2.23. The normalized spacial score (nSPS) is 22.2. The molecule has 2 rings (SSSR count). The number of nitrogen functional groups attached to an aromatic ring is 1. The van der Waals surface area contributed by atoms with Crippen LogP contribution < -0.4 is 5.73 Å². The van der Waals surface area contributed by atoms with Gasteiger partial charge in [-0.3, -0.25) is 0 Å². The summed E-state index contributed by atoms with van der Waals surface area (Å²) in [5.41, 5.74) is 6.84. The van der Waals surface area contributed by atoms with Crippen LogP contribution in [0.3, 0.4) is 0 Å². The number of nitrogens with zero attached hydrogens (tertiary/aromatic N) is 3. The van der Waals surface area contributed by atoms with Crippen molar-refractivity contribution in [3.8, 4) is 0 Å². The summed E-state index contributed by atoms with van der Waals surface area (Å²) in [6.45, 7) is 7.87. The molecular formula is C10H18N4O. The first-order valence-electron chi connectivity index (χ1n) is 5.29. The first kappa shape index (κ1) is 10.4. The van der Waals surface area contributed by atoms with Crippen molar-refractivity contribution in [1.29, 1.82) is 0 Å². The Kier molecular flexibility index (Phi) is 2.42. The Morgan fingerprint density at radius 3 is 2.73 bits per heavy atom. The van der Waals surface area contributed by atoms with E-state index in [2.05, 4.69) is 31.1 Å². The van der Waals surface area contributed by atoms with E-state index in [1.807, 2.05) is 4.68 Å². The molecule has 0 aliphatic carbocycles. The maximum Gasteiger partial charge on any atom is 0.169 e. The van der Waals surface area contributed by atoms with E-state index in [9.17, 15) is 0 Å². The van der Waals surface area contributed by atoms with E-state index in [4.69, 9.17) is 10.5 Å². The van der Waals surface area contributed by atoms with E-state index in [0.29, 0.717) is 18.5 Å². The Labute approximate surface area is 89.6 Å². The number of rotatable bonds is 1. The third kappa shape index (κ3) is 1.84. The van der Waals surface area contributed by atoms with Gasteiger partial charge in [0.1, 0.15) is 0 Å². The molecule has 1 aromatic rings. The molecule has 15 heavy (non-hydrogen) atoms. The first-order valence-corrected chi connectivity index (χ1v) is 5.29. The molecule has 0 spiro atoms. The van der Waals surface area contributed by atoms with Crippen molar-refractivity contribution in [2.24, 2.45) is 0 Å². The number of anilines is 1. The van der Waals surface area contributed by atoms with Crippen LogP contribution >= 0.6 is 0 Å². The zero-order chi connectivity index (χ0) is 11.1.